The van der Waals surface area contributed by atoms with Gasteiger partial charge in [-0.25, -0.2) is 4.79 Å². The van der Waals surface area contributed by atoms with Crippen LogP contribution >= 0.6 is 0 Å². The number of ether oxygens (including phenoxy) is 2. The zero-order valence-corrected chi connectivity index (χ0v) is 15.8. The number of aryl methyl sites for hydroxylation is 1. The lowest BCUT2D eigenvalue weighted by atomic mass is 9.91. The van der Waals surface area contributed by atoms with Crippen molar-refractivity contribution in [1.29, 1.82) is 0 Å². The summed E-state index contributed by atoms with van der Waals surface area (Å²) in [7, 11) is 0. The van der Waals surface area contributed by atoms with Crippen LogP contribution < -0.4 is 4.74 Å². The third kappa shape index (κ3) is 3.51. The normalized spacial score (nSPS) is 16.6. The molecular formula is C22H24O4. The van der Waals surface area contributed by atoms with Crippen LogP contribution in [0.3, 0.4) is 0 Å². The Labute approximate surface area is 154 Å². The van der Waals surface area contributed by atoms with E-state index in [0.717, 1.165) is 22.3 Å². The Bertz CT molecular complexity index is 851. The van der Waals surface area contributed by atoms with Gasteiger partial charge in [-0.2, -0.15) is 0 Å². The summed E-state index contributed by atoms with van der Waals surface area (Å²) in [5.74, 6) is 0.249. The number of hydrogen-bond acceptors (Lipinski definition) is 4. The third-order valence-electron chi connectivity index (χ3n) is 4.48. The molecule has 1 aliphatic rings. The van der Waals surface area contributed by atoms with Gasteiger partial charge in [0.2, 0.25) is 5.76 Å². The molecule has 0 unspecified atom stereocenters. The fraction of sp³-hybridized carbons (Fsp3) is 0.318. The Morgan fingerprint density at radius 3 is 2.12 bits per heavy atom. The number of hydrogen-bond donors (Lipinski definition) is 1. The lowest BCUT2D eigenvalue weighted by Gasteiger charge is -2.21. The molecule has 3 rings (SSSR count). The van der Waals surface area contributed by atoms with E-state index < -0.39 is 17.2 Å². The number of carbonyl (C=O) groups excluding carboxylic acids is 1. The molecule has 4 heteroatoms. The van der Waals surface area contributed by atoms with Gasteiger partial charge in [0.1, 0.15) is 11.4 Å². The van der Waals surface area contributed by atoms with E-state index in [2.05, 4.69) is 0 Å². The molecule has 0 aromatic heterocycles. The zero-order chi connectivity index (χ0) is 19.1. The Hall–Kier alpha value is -2.59. The highest BCUT2D eigenvalue weighted by Gasteiger charge is 2.43. The van der Waals surface area contributed by atoms with Gasteiger partial charge in [0.25, 0.3) is 0 Å². The van der Waals surface area contributed by atoms with Gasteiger partial charge in [0, 0.05) is 0 Å². The molecule has 0 bridgehead atoms. The van der Waals surface area contributed by atoms with Gasteiger partial charge in [0.15, 0.2) is 0 Å². The van der Waals surface area contributed by atoms with Crippen molar-refractivity contribution in [3.05, 3.63) is 71.0 Å². The molecule has 136 valence electrons. The van der Waals surface area contributed by atoms with Crippen LogP contribution in [0.4, 0.5) is 0 Å². The topological polar surface area (TPSA) is 55.8 Å². The first kappa shape index (κ1) is 18.2. The van der Waals surface area contributed by atoms with Crippen molar-refractivity contribution in [2.45, 2.75) is 45.8 Å². The highest BCUT2D eigenvalue weighted by atomic mass is 16.6. The standard InChI is InChI=1S/C22H24O4/c1-14-6-8-15(9-7-14)18-19(20(23)26-22(18,4)5)25-17-12-10-16(11-13-17)21(2,3)24/h6-13,24H,1-5H3. The van der Waals surface area contributed by atoms with Crippen LogP contribution in [0.5, 0.6) is 5.75 Å². The van der Waals surface area contributed by atoms with E-state index in [0.29, 0.717) is 5.75 Å². The quantitative estimate of drug-likeness (QED) is 0.831. The van der Waals surface area contributed by atoms with Crippen molar-refractivity contribution >= 4 is 11.5 Å². The SMILES string of the molecule is Cc1ccc(C2=C(Oc3ccc(C(C)(C)O)cc3)C(=O)OC2(C)C)cc1. The fourth-order valence-electron chi connectivity index (χ4n) is 3.04. The van der Waals surface area contributed by atoms with Crippen molar-refractivity contribution in [2.24, 2.45) is 0 Å². The van der Waals surface area contributed by atoms with E-state index in [1.807, 2.05) is 45.0 Å². The fourth-order valence-corrected chi connectivity index (χ4v) is 3.04. The Kier molecular flexibility index (Phi) is 4.41. The number of cyclic esters (lactones) is 1. The van der Waals surface area contributed by atoms with Gasteiger partial charge >= 0.3 is 5.97 Å². The van der Waals surface area contributed by atoms with Crippen LogP contribution in [-0.2, 0) is 15.1 Å². The molecule has 1 aliphatic heterocycles. The maximum atomic E-state index is 12.4. The molecule has 1 N–H and O–H groups in total. The summed E-state index contributed by atoms with van der Waals surface area (Å²) in [4.78, 5) is 12.4. The van der Waals surface area contributed by atoms with Crippen LogP contribution in [0.15, 0.2) is 54.3 Å². The average Bonchev–Trinajstić information content (AvgIpc) is 2.77. The van der Waals surface area contributed by atoms with Crippen LogP contribution in [0.25, 0.3) is 5.57 Å². The summed E-state index contributed by atoms with van der Waals surface area (Å²) in [5.41, 5.74) is 1.84. The molecule has 4 nitrogen and oxygen atoms in total. The average molecular weight is 352 g/mol. The molecule has 0 spiro atoms. The maximum Gasteiger partial charge on any atom is 0.375 e. The van der Waals surface area contributed by atoms with Crippen molar-refractivity contribution in [3.8, 4) is 5.75 Å². The summed E-state index contributed by atoms with van der Waals surface area (Å²) in [6, 6.07) is 15.0. The highest BCUT2D eigenvalue weighted by molar-refractivity contribution is 6.02. The van der Waals surface area contributed by atoms with E-state index in [9.17, 15) is 9.90 Å². The zero-order valence-electron chi connectivity index (χ0n) is 15.8. The molecule has 0 aliphatic carbocycles. The Morgan fingerprint density at radius 1 is 1.00 bits per heavy atom. The number of carbonyl (C=O) groups is 1. The first-order valence-corrected chi connectivity index (χ1v) is 8.64. The van der Waals surface area contributed by atoms with Crippen LogP contribution in [0.2, 0.25) is 0 Å². The first-order chi connectivity index (χ1) is 12.1. The largest absolute Gasteiger partial charge is 0.449 e. The molecule has 2 aromatic rings. The van der Waals surface area contributed by atoms with Gasteiger partial charge < -0.3 is 14.6 Å². The van der Waals surface area contributed by atoms with Gasteiger partial charge in [-0.3, -0.25) is 0 Å². The van der Waals surface area contributed by atoms with Crippen molar-refractivity contribution in [1.82, 2.24) is 0 Å². The van der Waals surface area contributed by atoms with Crippen molar-refractivity contribution < 1.29 is 19.4 Å². The molecular weight excluding hydrogens is 328 g/mol. The van der Waals surface area contributed by atoms with E-state index in [-0.39, 0.29) is 5.76 Å². The van der Waals surface area contributed by atoms with E-state index >= 15 is 0 Å². The second kappa shape index (κ2) is 6.29. The van der Waals surface area contributed by atoms with Crippen LogP contribution in [-0.4, -0.2) is 16.7 Å². The number of rotatable bonds is 4. The molecule has 0 radical (unpaired) electrons. The lowest BCUT2D eigenvalue weighted by Crippen LogP contribution is -2.22. The third-order valence-corrected chi connectivity index (χ3v) is 4.48. The molecule has 0 amide bonds. The second-order valence-corrected chi connectivity index (χ2v) is 7.66. The first-order valence-electron chi connectivity index (χ1n) is 8.64. The van der Waals surface area contributed by atoms with Gasteiger partial charge in [-0.15, -0.1) is 0 Å². The van der Waals surface area contributed by atoms with Crippen LogP contribution in [0.1, 0.15) is 44.4 Å². The minimum Gasteiger partial charge on any atom is -0.449 e. The smallest absolute Gasteiger partial charge is 0.375 e. The molecule has 26 heavy (non-hydrogen) atoms. The highest BCUT2D eigenvalue weighted by Crippen LogP contribution is 2.40. The summed E-state index contributed by atoms with van der Waals surface area (Å²) in [6.45, 7) is 9.17. The summed E-state index contributed by atoms with van der Waals surface area (Å²) < 4.78 is 11.4. The Morgan fingerprint density at radius 2 is 1.58 bits per heavy atom. The molecule has 0 saturated carbocycles. The minimum atomic E-state index is -0.931. The van der Waals surface area contributed by atoms with Gasteiger partial charge in [0.05, 0.1) is 11.2 Å². The summed E-state index contributed by atoms with van der Waals surface area (Å²) >= 11 is 0. The molecule has 0 saturated heterocycles. The number of benzene rings is 2. The lowest BCUT2D eigenvalue weighted by molar-refractivity contribution is -0.145. The van der Waals surface area contributed by atoms with Crippen molar-refractivity contribution in [3.63, 3.8) is 0 Å². The van der Waals surface area contributed by atoms with E-state index in [1.165, 1.54) is 0 Å². The molecule has 0 atom stereocenters. The Balaban J connectivity index is 2.00. The summed E-state index contributed by atoms with van der Waals surface area (Å²) in [6.07, 6.45) is 0. The molecule has 0 fully saturated rings. The molecule has 2 aromatic carbocycles. The minimum absolute atomic E-state index is 0.204. The van der Waals surface area contributed by atoms with Gasteiger partial charge in [-0.05, 0) is 57.9 Å². The number of aliphatic hydroxyl groups is 1. The maximum absolute atomic E-state index is 12.4. The monoisotopic (exact) mass is 352 g/mol. The predicted octanol–water partition coefficient (Wildman–Crippen LogP) is 4.35. The molecule has 1 heterocycles. The van der Waals surface area contributed by atoms with Crippen molar-refractivity contribution in [2.75, 3.05) is 0 Å². The second-order valence-electron chi connectivity index (χ2n) is 7.66. The summed E-state index contributed by atoms with van der Waals surface area (Å²) in [5, 5.41) is 10.1. The van der Waals surface area contributed by atoms with Gasteiger partial charge in [-0.1, -0.05) is 42.0 Å². The number of esters is 1. The van der Waals surface area contributed by atoms with E-state index in [4.69, 9.17) is 9.47 Å². The predicted molar refractivity (Wildman–Crippen MR) is 101 cm³/mol. The van der Waals surface area contributed by atoms with Crippen LogP contribution in [0, 0.1) is 6.92 Å². The van der Waals surface area contributed by atoms with E-state index in [1.54, 1.807) is 38.1 Å².